The molecule has 0 radical (unpaired) electrons. The molecule has 1 atom stereocenters. The molecule has 7 heteroatoms. The van der Waals surface area contributed by atoms with E-state index in [9.17, 15) is 9.59 Å². The summed E-state index contributed by atoms with van der Waals surface area (Å²) in [5, 5.41) is 3.25. The van der Waals surface area contributed by atoms with E-state index in [1.165, 1.54) is 12.1 Å². The average Bonchev–Trinajstić information content (AvgIpc) is 2.61. The minimum absolute atomic E-state index is 0.0286. The van der Waals surface area contributed by atoms with Crippen molar-refractivity contribution < 1.29 is 14.3 Å². The molecule has 1 amide bonds. The Morgan fingerprint density at radius 3 is 2.46 bits per heavy atom. The zero-order chi connectivity index (χ0) is 19.3. The van der Waals surface area contributed by atoms with Crippen LogP contribution in [0, 0.1) is 6.92 Å². The molecule has 26 heavy (non-hydrogen) atoms. The Hall–Kier alpha value is -2.24. The third kappa shape index (κ3) is 5.13. The molecule has 0 aromatic heterocycles. The first-order valence-corrected chi connectivity index (χ1v) is 8.85. The Labute approximate surface area is 162 Å². The number of ether oxygens (including phenoxy) is 1. The molecule has 0 spiro atoms. The van der Waals surface area contributed by atoms with Gasteiger partial charge in [0, 0.05) is 5.02 Å². The highest BCUT2D eigenvalue weighted by molar-refractivity contribution is 6.37. The lowest BCUT2D eigenvalue weighted by atomic mass is 10.0. The molecule has 3 N–H and O–H groups in total. The van der Waals surface area contributed by atoms with Crippen molar-refractivity contribution in [2.45, 2.75) is 26.3 Å². The molecule has 5 nitrogen and oxygen atoms in total. The highest BCUT2D eigenvalue weighted by Crippen LogP contribution is 2.28. The number of benzene rings is 2. The second-order valence-electron chi connectivity index (χ2n) is 5.86. The molecule has 2 rings (SSSR count). The van der Waals surface area contributed by atoms with Gasteiger partial charge in [-0.1, -0.05) is 60.0 Å². The minimum Gasteiger partial charge on any atom is -0.452 e. The topological polar surface area (TPSA) is 81.4 Å². The van der Waals surface area contributed by atoms with E-state index in [0.29, 0.717) is 6.42 Å². The summed E-state index contributed by atoms with van der Waals surface area (Å²) in [5.74, 6) is -1.16. The van der Waals surface area contributed by atoms with Gasteiger partial charge in [-0.3, -0.25) is 4.79 Å². The van der Waals surface area contributed by atoms with E-state index in [2.05, 4.69) is 5.32 Å². The van der Waals surface area contributed by atoms with Gasteiger partial charge < -0.3 is 15.8 Å². The number of carbonyl (C=O) groups is 2. The van der Waals surface area contributed by atoms with Crippen LogP contribution in [0.3, 0.4) is 0 Å². The van der Waals surface area contributed by atoms with E-state index in [0.717, 1.165) is 11.1 Å². The van der Waals surface area contributed by atoms with E-state index in [-0.39, 0.29) is 27.3 Å². The third-order valence-corrected chi connectivity index (χ3v) is 4.40. The van der Waals surface area contributed by atoms with Crippen LogP contribution in [0.1, 0.15) is 40.9 Å². The molecule has 0 unspecified atom stereocenters. The van der Waals surface area contributed by atoms with Gasteiger partial charge in [0.1, 0.15) is 0 Å². The first kappa shape index (κ1) is 20.1. The summed E-state index contributed by atoms with van der Waals surface area (Å²) in [6.07, 6.45) is 0.708. The molecule has 0 aliphatic heterocycles. The zero-order valence-corrected chi connectivity index (χ0v) is 16.0. The first-order chi connectivity index (χ1) is 12.3. The molecule has 0 saturated heterocycles. The van der Waals surface area contributed by atoms with Crippen molar-refractivity contribution in [3.8, 4) is 0 Å². The van der Waals surface area contributed by atoms with E-state index in [4.69, 9.17) is 33.7 Å². The number of hydrogen-bond donors (Lipinski definition) is 2. The van der Waals surface area contributed by atoms with Crippen LogP contribution in [-0.4, -0.2) is 18.5 Å². The van der Waals surface area contributed by atoms with Gasteiger partial charge in [0.2, 0.25) is 0 Å². The molecule has 0 bridgehead atoms. The number of nitrogen functional groups attached to an aromatic ring is 1. The Bertz CT molecular complexity index is 807. The number of nitrogens with one attached hydrogen (secondary N) is 1. The van der Waals surface area contributed by atoms with Crippen molar-refractivity contribution in [3.05, 3.63) is 63.1 Å². The van der Waals surface area contributed by atoms with Crippen LogP contribution < -0.4 is 11.1 Å². The number of nitrogens with two attached hydrogens (primary N) is 1. The lowest BCUT2D eigenvalue weighted by Gasteiger charge is -2.18. The van der Waals surface area contributed by atoms with Crippen molar-refractivity contribution in [1.29, 1.82) is 0 Å². The van der Waals surface area contributed by atoms with E-state index < -0.39 is 18.5 Å². The number of anilines is 1. The number of amides is 1. The van der Waals surface area contributed by atoms with Crippen LogP contribution in [0.25, 0.3) is 0 Å². The monoisotopic (exact) mass is 394 g/mol. The summed E-state index contributed by atoms with van der Waals surface area (Å²) in [6.45, 7) is 3.53. The quantitative estimate of drug-likeness (QED) is 0.564. The maximum atomic E-state index is 12.1. The molecule has 2 aromatic carbocycles. The zero-order valence-electron chi connectivity index (χ0n) is 14.5. The number of aryl methyl sites for hydroxylation is 1. The van der Waals surface area contributed by atoms with Gasteiger partial charge >= 0.3 is 5.97 Å². The fourth-order valence-corrected chi connectivity index (χ4v) is 2.91. The summed E-state index contributed by atoms with van der Waals surface area (Å²) in [6, 6.07) is 10.5. The van der Waals surface area contributed by atoms with Gasteiger partial charge in [-0.2, -0.15) is 0 Å². The van der Waals surface area contributed by atoms with Crippen molar-refractivity contribution in [3.63, 3.8) is 0 Å². The molecule has 0 saturated carbocycles. The Balaban J connectivity index is 1.97. The van der Waals surface area contributed by atoms with Crippen LogP contribution in [-0.2, 0) is 9.53 Å². The number of rotatable bonds is 6. The largest absolute Gasteiger partial charge is 0.452 e. The maximum Gasteiger partial charge on any atom is 0.340 e. The smallest absolute Gasteiger partial charge is 0.340 e. The molecule has 0 aliphatic rings. The molecular weight excluding hydrogens is 375 g/mol. The van der Waals surface area contributed by atoms with Gasteiger partial charge in [0.15, 0.2) is 6.61 Å². The SMILES string of the molecule is CC[C@@H](NC(=O)COC(=O)c1cc(Cl)cc(Cl)c1N)c1ccc(C)cc1. The van der Waals surface area contributed by atoms with Gasteiger partial charge in [0.05, 0.1) is 22.3 Å². The predicted molar refractivity (Wildman–Crippen MR) is 104 cm³/mol. The number of halogens is 2. The predicted octanol–water partition coefficient (Wildman–Crippen LogP) is 4.31. The number of esters is 1. The second kappa shape index (κ2) is 8.92. The van der Waals surface area contributed by atoms with E-state index in [1.54, 1.807) is 0 Å². The van der Waals surface area contributed by atoms with Crippen LogP contribution in [0.15, 0.2) is 36.4 Å². The summed E-state index contributed by atoms with van der Waals surface area (Å²) >= 11 is 11.8. The first-order valence-electron chi connectivity index (χ1n) is 8.09. The van der Waals surface area contributed by atoms with Crippen LogP contribution >= 0.6 is 23.2 Å². The average molecular weight is 395 g/mol. The Morgan fingerprint density at radius 1 is 1.19 bits per heavy atom. The summed E-state index contributed by atoms with van der Waals surface area (Å²) in [7, 11) is 0. The Morgan fingerprint density at radius 2 is 1.85 bits per heavy atom. The van der Waals surface area contributed by atoms with Crippen molar-refractivity contribution >= 4 is 40.8 Å². The normalized spacial score (nSPS) is 11.7. The summed E-state index contributed by atoms with van der Waals surface area (Å²) in [4.78, 5) is 24.3. The second-order valence-corrected chi connectivity index (χ2v) is 6.71. The van der Waals surface area contributed by atoms with Crippen molar-refractivity contribution in [1.82, 2.24) is 5.32 Å². The standard InChI is InChI=1S/C19H20Cl2N2O3/c1-3-16(12-6-4-11(2)5-7-12)23-17(24)10-26-19(25)14-8-13(20)9-15(21)18(14)22/h4-9,16H,3,10,22H2,1-2H3,(H,23,24)/t16-/m1/s1. The van der Waals surface area contributed by atoms with Gasteiger partial charge in [-0.15, -0.1) is 0 Å². The van der Waals surface area contributed by atoms with Crippen LogP contribution in [0.4, 0.5) is 5.69 Å². The number of carbonyl (C=O) groups excluding carboxylic acids is 2. The van der Waals surface area contributed by atoms with Crippen molar-refractivity contribution in [2.75, 3.05) is 12.3 Å². The number of hydrogen-bond acceptors (Lipinski definition) is 4. The lowest BCUT2D eigenvalue weighted by Crippen LogP contribution is -2.32. The fourth-order valence-electron chi connectivity index (χ4n) is 2.42. The summed E-state index contributed by atoms with van der Waals surface area (Å²) in [5.41, 5.74) is 7.98. The maximum absolute atomic E-state index is 12.1. The fraction of sp³-hybridized carbons (Fsp3) is 0.263. The van der Waals surface area contributed by atoms with E-state index >= 15 is 0 Å². The highest BCUT2D eigenvalue weighted by Gasteiger charge is 2.18. The molecule has 0 fully saturated rings. The van der Waals surface area contributed by atoms with Crippen molar-refractivity contribution in [2.24, 2.45) is 0 Å². The molecule has 0 heterocycles. The summed E-state index contributed by atoms with van der Waals surface area (Å²) < 4.78 is 5.03. The third-order valence-electron chi connectivity index (χ3n) is 3.87. The highest BCUT2D eigenvalue weighted by atomic mass is 35.5. The van der Waals surface area contributed by atoms with Crippen LogP contribution in [0.2, 0.25) is 10.0 Å². The van der Waals surface area contributed by atoms with E-state index in [1.807, 2.05) is 38.1 Å². The van der Waals surface area contributed by atoms with Gasteiger partial charge in [-0.05, 0) is 31.0 Å². The molecule has 2 aromatic rings. The minimum atomic E-state index is -0.759. The van der Waals surface area contributed by atoms with Crippen LogP contribution in [0.5, 0.6) is 0 Å². The lowest BCUT2D eigenvalue weighted by molar-refractivity contribution is -0.125. The molecule has 138 valence electrons. The molecular formula is C19H20Cl2N2O3. The Kier molecular flexibility index (Phi) is 6.89. The molecule has 0 aliphatic carbocycles. The van der Waals surface area contributed by atoms with Gasteiger partial charge in [-0.25, -0.2) is 4.79 Å². The van der Waals surface area contributed by atoms with Gasteiger partial charge in [0.25, 0.3) is 5.91 Å².